The largest absolute Gasteiger partial charge is 0.481 e. The van der Waals surface area contributed by atoms with Crippen LogP contribution < -0.4 is 0 Å². The minimum Gasteiger partial charge on any atom is -0.481 e. The molecule has 0 radical (unpaired) electrons. The van der Waals surface area contributed by atoms with Gasteiger partial charge in [0.1, 0.15) is 18.3 Å². The predicted molar refractivity (Wildman–Crippen MR) is 109 cm³/mol. The van der Waals surface area contributed by atoms with Crippen molar-refractivity contribution in [3.63, 3.8) is 0 Å². The zero-order chi connectivity index (χ0) is 22.4. The van der Waals surface area contributed by atoms with Crippen LogP contribution in [0.1, 0.15) is 84.0 Å². The number of carboxylic acid groups (broad SMARTS) is 1. The van der Waals surface area contributed by atoms with Gasteiger partial charge in [0.15, 0.2) is 0 Å². The zero-order valence-corrected chi connectivity index (χ0v) is 18.3. The van der Waals surface area contributed by atoms with Gasteiger partial charge in [0.05, 0.1) is 17.8 Å². The number of hydrogen-bond acceptors (Lipinski definition) is 7. The molecule has 0 aromatic carbocycles. The van der Waals surface area contributed by atoms with Crippen LogP contribution >= 0.6 is 0 Å². The summed E-state index contributed by atoms with van der Waals surface area (Å²) in [5.41, 5.74) is 0. The van der Waals surface area contributed by atoms with Gasteiger partial charge in [0.2, 0.25) is 0 Å². The molecule has 0 atom stereocenters. The Morgan fingerprint density at radius 3 is 1.26 bits per heavy atom. The first-order chi connectivity index (χ1) is 14.8. The Morgan fingerprint density at radius 1 is 0.548 bits per heavy atom. The first-order valence-corrected chi connectivity index (χ1v) is 11.6. The summed E-state index contributed by atoms with van der Waals surface area (Å²) in [7, 11) is 0. The Hall–Kier alpha value is -2.12. The molecule has 1 N–H and O–H groups in total. The summed E-state index contributed by atoms with van der Waals surface area (Å²) in [6.07, 6.45) is 7.25. The lowest BCUT2D eigenvalue weighted by atomic mass is 9.82. The average Bonchev–Trinajstić information content (AvgIpc) is 2.75. The van der Waals surface area contributed by atoms with Crippen LogP contribution in [0.15, 0.2) is 0 Å². The van der Waals surface area contributed by atoms with E-state index < -0.39 is 5.97 Å². The highest BCUT2D eigenvalue weighted by molar-refractivity contribution is 5.74. The maximum atomic E-state index is 12.5. The van der Waals surface area contributed by atoms with Crippen LogP contribution in [-0.2, 0) is 33.4 Å². The van der Waals surface area contributed by atoms with E-state index in [0.29, 0.717) is 77.0 Å². The highest BCUT2D eigenvalue weighted by Gasteiger charge is 2.34. The molecule has 0 saturated heterocycles. The average molecular weight is 439 g/mol. The van der Waals surface area contributed by atoms with Crippen molar-refractivity contribution >= 4 is 23.9 Å². The summed E-state index contributed by atoms with van der Waals surface area (Å²) in [6, 6.07) is 0. The van der Waals surface area contributed by atoms with Crippen LogP contribution in [0.4, 0.5) is 0 Å². The highest BCUT2D eigenvalue weighted by Crippen LogP contribution is 2.33. The van der Waals surface area contributed by atoms with Crippen molar-refractivity contribution in [3.8, 4) is 0 Å². The molecule has 31 heavy (non-hydrogen) atoms. The van der Waals surface area contributed by atoms with Crippen LogP contribution in [0.25, 0.3) is 0 Å². The third-order valence-electron chi connectivity index (χ3n) is 6.94. The molecule has 3 aliphatic rings. The monoisotopic (exact) mass is 438 g/mol. The number of rotatable bonds is 6. The standard InChI is InChI=1S/C23H34O8/c1-14(24)29-18-8-6-17(7-9-18)23(28)31-20-12-10-19(11-13-20)30-22(27)16-4-2-15(3-5-16)21(25)26/h15-20H,2-13H2,1H3,(H,25,26). The maximum Gasteiger partial charge on any atom is 0.309 e. The van der Waals surface area contributed by atoms with Crippen LogP contribution in [0, 0.1) is 17.8 Å². The first kappa shape index (κ1) is 23.5. The Kier molecular flexibility index (Phi) is 8.32. The summed E-state index contributed by atoms with van der Waals surface area (Å²) in [5.74, 6) is -2.12. The Morgan fingerprint density at radius 2 is 0.871 bits per heavy atom. The maximum absolute atomic E-state index is 12.5. The molecule has 0 bridgehead atoms. The second-order valence-corrected chi connectivity index (χ2v) is 9.24. The molecular formula is C23H34O8. The first-order valence-electron chi connectivity index (χ1n) is 11.6. The quantitative estimate of drug-likeness (QED) is 0.495. The molecule has 0 aromatic heterocycles. The fourth-order valence-corrected chi connectivity index (χ4v) is 5.02. The summed E-state index contributed by atoms with van der Waals surface area (Å²) >= 11 is 0. The minimum absolute atomic E-state index is 0.0918. The number of esters is 3. The number of ether oxygens (including phenoxy) is 3. The predicted octanol–water partition coefficient (Wildman–Crippen LogP) is 3.40. The van der Waals surface area contributed by atoms with E-state index in [9.17, 15) is 19.2 Å². The number of aliphatic carboxylic acids is 1. The molecule has 0 aliphatic heterocycles. The van der Waals surface area contributed by atoms with Gasteiger partial charge in [-0.25, -0.2) is 0 Å². The number of carboxylic acids is 1. The molecule has 0 amide bonds. The molecule has 3 saturated carbocycles. The van der Waals surface area contributed by atoms with Gasteiger partial charge in [0.25, 0.3) is 0 Å². The van der Waals surface area contributed by atoms with Crippen molar-refractivity contribution in [3.05, 3.63) is 0 Å². The molecule has 8 nitrogen and oxygen atoms in total. The van der Waals surface area contributed by atoms with Gasteiger partial charge in [-0.2, -0.15) is 0 Å². The second-order valence-electron chi connectivity index (χ2n) is 9.24. The molecule has 0 heterocycles. The third-order valence-corrected chi connectivity index (χ3v) is 6.94. The third kappa shape index (κ3) is 6.94. The summed E-state index contributed by atoms with van der Waals surface area (Å²) in [6.45, 7) is 1.40. The lowest BCUT2D eigenvalue weighted by molar-refractivity contribution is -0.165. The van der Waals surface area contributed by atoms with E-state index in [2.05, 4.69) is 0 Å². The number of carbonyl (C=O) groups is 4. The molecular weight excluding hydrogens is 404 g/mol. The smallest absolute Gasteiger partial charge is 0.309 e. The SMILES string of the molecule is CC(=O)OC1CCC(C(=O)OC2CCC(OC(=O)C3CCC(C(=O)O)CC3)CC2)CC1. The van der Waals surface area contributed by atoms with E-state index in [0.717, 1.165) is 0 Å². The van der Waals surface area contributed by atoms with Gasteiger partial charge in [-0.3, -0.25) is 19.2 Å². The van der Waals surface area contributed by atoms with Gasteiger partial charge in [-0.15, -0.1) is 0 Å². The van der Waals surface area contributed by atoms with E-state index in [4.69, 9.17) is 19.3 Å². The highest BCUT2D eigenvalue weighted by atomic mass is 16.6. The van der Waals surface area contributed by atoms with E-state index in [1.807, 2.05) is 0 Å². The summed E-state index contributed by atoms with van der Waals surface area (Å²) in [5, 5.41) is 9.07. The van der Waals surface area contributed by atoms with Crippen molar-refractivity contribution in [1.82, 2.24) is 0 Å². The second kappa shape index (κ2) is 11.0. The molecule has 0 unspecified atom stereocenters. The van der Waals surface area contributed by atoms with E-state index in [1.54, 1.807) is 0 Å². The van der Waals surface area contributed by atoms with E-state index in [-0.39, 0.29) is 54.0 Å². The van der Waals surface area contributed by atoms with Crippen molar-refractivity contribution in [2.75, 3.05) is 0 Å². The topological polar surface area (TPSA) is 116 Å². The normalized spacial score (nSPS) is 33.7. The fraction of sp³-hybridized carbons (Fsp3) is 0.826. The number of carbonyl (C=O) groups excluding carboxylic acids is 3. The van der Waals surface area contributed by atoms with Gasteiger partial charge in [-0.05, 0) is 77.0 Å². The molecule has 0 spiro atoms. The van der Waals surface area contributed by atoms with Crippen LogP contribution in [0.3, 0.4) is 0 Å². The molecule has 0 aromatic rings. The Labute approximate surface area is 183 Å². The van der Waals surface area contributed by atoms with Gasteiger partial charge in [0, 0.05) is 6.92 Å². The molecule has 3 fully saturated rings. The molecule has 3 aliphatic carbocycles. The lowest BCUT2D eigenvalue weighted by Gasteiger charge is -2.32. The lowest BCUT2D eigenvalue weighted by Crippen LogP contribution is -2.35. The van der Waals surface area contributed by atoms with Crippen molar-refractivity contribution in [1.29, 1.82) is 0 Å². The Balaban J connectivity index is 1.32. The minimum atomic E-state index is -0.780. The molecule has 8 heteroatoms. The number of hydrogen-bond donors (Lipinski definition) is 1. The van der Waals surface area contributed by atoms with Crippen molar-refractivity contribution in [2.45, 2.75) is 102 Å². The Bertz CT molecular complexity index is 650. The van der Waals surface area contributed by atoms with Crippen LogP contribution in [-0.4, -0.2) is 47.3 Å². The van der Waals surface area contributed by atoms with Gasteiger partial charge < -0.3 is 19.3 Å². The van der Waals surface area contributed by atoms with Crippen LogP contribution in [0.2, 0.25) is 0 Å². The van der Waals surface area contributed by atoms with Crippen LogP contribution in [0.5, 0.6) is 0 Å². The molecule has 174 valence electrons. The van der Waals surface area contributed by atoms with Crippen molar-refractivity contribution in [2.24, 2.45) is 17.8 Å². The fourth-order valence-electron chi connectivity index (χ4n) is 5.02. The zero-order valence-electron chi connectivity index (χ0n) is 18.3. The summed E-state index contributed by atoms with van der Waals surface area (Å²) < 4.78 is 16.6. The van der Waals surface area contributed by atoms with E-state index in [1.165, 1.54) is 6.92 Å². The van der Waals surface area contributed by atoms with Gasteiger partial charge >= 0.3 is 23.9 Å². The van der Waals surface area contributed by atoms with Crippen molar-refractivity contribution < 1.29 is 38.5 Å². The summed E-state index contributed by atoms with van der Waals surface area (Å²) in [4.78, 5) is 47.0. The molecule has 3 rings (SSSR count). The van der Waals surface area contributed by atoms with E-state index >= 15 is 0 Å². The van der Waals surface area contributed by atoms with Gasteiger partial charge in [-0.1, -0.05) is 0 Å².